The highest BCUT2D eigenvalue weighted by atomic mass is 79.9. The number of nitrogens with zero attached hydrogens (tertiary/aromatic N) is 2. The van der Waals surface area contributed by atoms with Crippen LogP contribution in [0.1, 0.15) is 12.5 Å². The quantitative estimate of drug-likeness (QED) is 0.842. The monoisotopic (exact) mass is 390 g/mol. The van der Waals surface area contributed by atoms with Gasteiger partial charge in [-0.3, -0.25) is 9.69 Å². The van der Waals surface area contributed by atoms with Crippen molar-refractivity contribution in [2.75, 3.05) is 26.2 Å². The van der Waals surface area contributed by atoms with Gasteiger partial charge in [0.2, 0.25) is 5.91 Å². The number of carbonyl (C=O) groups excluding carboxylic acids is 1. The van der Waals surface area contributed by atoms with Crippen LogP contribution in [0.5, 0.6) is 5.75 Å². The number of rotatable bonds is 2. The van der Waals surface area contributed by atoms with E-state index >= 15 is 0 Å². The van der Waals surface area contributed by atoms with E-state index in [1.807, 2.05) is 17.0 Å². The van der Waals surface area contributed by atoms with Crippen LogP contribution in [-0.4, -0.2) is 47.0 Å². The molecule has 0 radical (unpaired) electrons. The van der Waals surface area contributed by atoms with Crippen molar-refractivity contribution in [1.29, 1.82) is 0 Å². The van der Waals surface area contributed by atoms with Gasteiger partial charge in [-0.05, 0) is 49.6 Å². The van der Waals surface area contributed by atoms with Gasteiger partial charge in [-0.25, -0.2) is 0 Å². The van der Waals surface area contributed by atoms with Crippen molar-refractivity contribution < 1.29 is 9.90 Å². The Bertz CT molecular complexity index is 463. The molecule has 0 aliphatic carbocycles. The first kappa shape index (κ1) is 14.8. The van der Waals surface area contributed by atoms with Crippen LogP contribution in [0, 0.1) is 0 Å². The average Bonchev–Trinajstić information content (AvgIpc) is 2.36. The summed E-state index contributed by atoms with van der Waals surface area (Å²) in [5.74, 6) is 0.375. The number of benzene rings is 1. The molecule has 0 unspecified atom stereocenters. The molecule has 0 atom stereocenters. The second kappa shape index (κ2) is 6.24. The van der Waals surface area contributed by atoms with Crippen molar-refractivity contribution in [2.45, 2.75) is 13.5 Å². The molecule has 1 fully saturated rings. The predicted octanol–water partition coefficient (Wildman–Crippen LogP) is 2.58. The van der Waals surface area contributed by atoms with Crippen LogP contribution in [0.3, 0.4) is 0 Å². The lowest BCUT2D eigenvalue weighted by atomic mass is 10.2. The number of aromatic hydroxyl groups is 1. The minimum absolute atomic E-state index is 0.148. The number of amides is 1. The molecular formula is C13H16Br2N2O2. The van der Waals surface area contributed by atoms with Gasteiger partial charge in [-0.1, -0.05) is 0 Å². The van der Waals surface area contributed by atoms with Crippen LogP contribution in [0.2, 0.25) is 0 Å². The van der Waals surface area contributed by atoms with Crippen molar-refractivity contribution in [1.82, 2.24) is 9.80 Å². The maximum atomic E-state index is 11.3. The fourth-order valence-corrected chi connectivity index (χ4v) is 3.47. The summed E-state index contributed by atoms with van der Waals surface area (Å²) in [6.45, 7) is 5.78. The molecule has 1 aliphatic heterocycles. The highest BCUT2D eigenvalue weighted by Gasteiger charge is 2.19. The Balaban J connectivity index is 1.98. The van der Waals surface area contributed by atoms with Gasteiger partial charge in [0.1, 0.15) is 5.75 Å². The molecule has 1 amide bonds. The fraction of sp³-hybridized carbons (Fsp3) is 0.462. The Morgan fingerprint density at radius 1 is 1.21 bits per heavy atom. The summed E-state index contributed by atoms with van der Waals surface area (Å²) in [6.07, 6.45) is 0. The Morgan fingerprint density at radius 2 is 1.74 bits per heavy atom. The number of hydrogen-bond acceptors (Lipinski definition) is 3. The second-order valence-corrected chi connectivity index (χ2v) is 6.40. The van der Waals surface area contributed by atoms with E-state index in [-0.39, 0.29) is 11.7 Å². The van der Waals surface area contributed by atoms with Crippen molar-refractivity contribution >= 4 is 37.8 Å². The number of piperazine rings is 1. The van der Waals surface area contributed by atoms with Gasteiger partial charge >= 0.3 is 0 Å². The van der Waals surface area contributed by atoms with Crippen LogP contribution < -0.4 is 0 Å². The van der Waals surface area contributed by atoms with E-state index in [2.05, 4.69) is 36.8 Å². The third-order valence-electron chi connectivity index (χ3n) is 3.30. The van der Waals surface area contributed by atoms with Crippen LogP contribution in [0.15, 0.2) is 21.1 Å². The second-order valence-electron chi connectivity index (χ2n) is 4.69. The van der Waals surface area contributed by atoms with Gasteiger partial charge in [0.15, 0.2) is 0 Å². The smallest absolute Gasteiger partial charge is 0.219 e. The van der Waals surface area contributed by atoms with Crippen molar-refractivity contribution in [3.63, 3.8) is 0 Å². The van der Waals surface area contributed by atoms with Crippen LogP contribution in [0.4, 0.5) is 0 Å². The number of phenols is 1. The molecule has 1 aromatic rings. The van der Waals surface area contributed by atoms with E-state index < -0.39 is 0 Å². The van der Waals surface area contributed by atoms with E-state index in [4.69, 9.17) is 0 Å². The molecule has 0 bridgehead atoms. The van der Waals surface area contributed by atoms with Gasteiger partial charge in [0.25, 0.3) is 0 Å². The molecule has 1 saturated heterocycles. The predicted molar refractivity (Wildman–Crippen MR) is 81.0 cm³/mol. The van der Waals surface area contributed by atoms with Gasteiger partial charge in [-0.2, -0.15) is 0 Å². The zero-order valence-electron chi connectivity index (χ0n) is 10.7. The molecule has 0 aromatic heterocycles. The maximum absolute atomic E-state index is 11.3. The third kappa shape index (κ3) is 3.70. The van der Waals surface area contributed by atoms with Gasteiger partial charge in [0, 0.05) is 39.6 Å². The van der Waals surface area contributed by atoms with Crippen molar-refractivity contribution in [2.24, 2.45) is 0 Å². The maximum Gasteiger partial charge on any atom is 0.219 e. The molecule has 104 valence electrons. The molecule has 19 heavy (non-hydrogen) atoms. The van der Waals surface area contributed by atoms with Crippen molar-refractivity contribution in [3.05, 3.63) is 26.6 Å². The van der Waals surface area contributed by atoms with Crippen LogP contribution in [0.25, 0.3) is 0 Å². The number of halogens is 2. The number of carbonyl (C=O) groups is 1. The third-order valence-corrected chi connectivity index (χ3v) is 4.51. The van der Waals surface area contributed by atoms with E-state index in [1.54, 1.807) is 6.92 Å². The zero-order chi connectivity index (χ0) is 14.0. The summed E-state index contributed by atoms with van der Waals surface area (Å²) >= 11 is 6.68. The Kier molecular flexibility index (Phi) is 4.86. The minimum Gasteiger partial charge on any atom is -0.506 e. The number of hydrogen-bond donors (Lipinski definition) is 1. The standard InChI is InChI=1S/C13H16Br2N2O2/c1-9(18)17-4-2-16(3-5-17)8-10-6-11(14)13(19)12(15)7-10/h6-7,19H,2-5,8H2,1H3. The molecule has 4 nitrogen and oxygen atoms in total. The molecule has 6 heteroatoms. The topological polar surface area (TPSA) is 43.8 Å². The average molecular weight is 392 g/mol. The zero-order valence-corrected chi connectivity index (χ0v) is 13.9. The van der Waals surface area contributed by atoms with Crippen LogP contribution >= 0.6 is 31.9 Å². The summed E-state index contributed by atoms with van der Waals surface area (Å²) in [5, 5.41) is 9.68. The first-order valence-corrected chi connectivity index (χ1v) is 7.70. The summed E-state index contributed by atoms with van der Waals surface area (Å²) in [4.78, 5) is 15.4. The van der Waals surface area contributed by atoms with Gasteiger partial charge in [0.05, 0.1) is 8.95 Å². The normalized spacial score (nSPS) is 16.7. The first-order chi connectivity index (χ1) is 8.97. The lowest BCUT2D eigenvalue weighted by molar-refractivity contribution is -0.130. The molecule has 1 aromatic carbocycles. The largest absolute Gasteiger partial charge is 0.506 e. The van der Waals surface area contributed by atoms with Crippen molar-refractivity contribution in [3.8, 4) is 5.75 Å². The summed E-state index contributed by atoms with van der Waals surface area (Å²) < 4.78 is 1.39. The van der Waals surface area contributed by atoms with Gasteiger partial charge < -0.3 is 10.0 Å². The van der Waals surface area contributed by atoms with Crippen LogP contribution in [-0.2, 0) is 11.3 Å². The van der Waals surface area contributed by atoms with E-state index in [0.717, 1.165) is 38.3 Å². The Hall–Kier alpha value is -0.590. The Morgan fingerprint density at radius 3 is 2.21 bits per heavy atom. The molecular weight excluding hydrogens is 376 g/mol. The molecule has 1 aliphatic rings. The summed E-state index contributed by atoms with van der Waals surface area (Å²) in [6, 6.07) is 3.86. The van der Waals surface area contributed by atoms with E-state index in [0.29, 0.717) is 8.95 Å². The molecule has 0 spiro atoms. The lowest BCUT2D eigenvalue weighted by Gasteiger charge is -2.34. The minimum atomic E-state index is 0.148. The summed E-state index contributed by atoms with van der Waals surface area (Å²) in [5.41, 5.74) is 1.13. The summed E-state index contributed by atoms with van der Waals surface area (Å²) in [7, 11) is 0. The highest BCUT2D eigenvalue weighted by Crippen LogP contribution is 2.33. The highest BCUT2D eigenvalue weighted by molar-refractivity contribution is 9.11. The molecule has 1 heterocycles. The molecule has 1 N–H and O–H groups in total. The lowest BCUT2D eigenvalue weighted by Crippen LogP contribution is -2.47. The SMILES string of the molecule is CC(=O)N1CCN(Cc2cc(Br)c(O)c(Br)c2)CC1. The molecule has 0 saturated carbocycles. The number of phenolic OH excluding ortho intramolecular Hbond substituents is 1. The van der Waals surface area contributed by atoms with E-state index in [9.17, 15) is 9.90 Å². The molecule has 2 rings (SSSR count). The van der Waals surface area contributed by atoms with E-state index in [1.165, 1.54) is 0 Å². The first-order valence-electron chi connectivity index (χ1n) is 6.12. The fourth-order valence-electron chi connectivity index (χ4n) is 2.19. The Labute approximate surface area is 129 Å². The van der Waals surface area contributed by atoms with Gasteiger partial charge in [-0.15, -0.1) is 0 Å².